The van der Waals surface area contributed by atoms with Gasteiger partial charge in [0.15, 0.2) is 5.65 Å². The Morgan fingerprint density at radius 2 is 2.26 bits per heavy atom. The van der Waals surface area contributed by atoms with Gasteiger partial charge < -0.3 is 10.2 Å². The van der Waals surface area contributed by atoms with E-state index in [2.05, 4.69) is 25.3 Å². The third kappa shape index (κ3) is 1.70. The number of aryl methyl sites for hydroxylation is 1. The molecular formula is C13H18N6. The van der Waals surface area contributed by atoms with Crippen molar-refractivity contribution in [1.29, 1.82) is 0 Å². The second kappa shape index (κ2) is 4.16. The van der Waals surface area contributed by atoms with Crippen LogP contribution < -0.4 is 10.2 Å². The van der Waals surface area contributed by atoms with Crippen LogP contribution in [0.1, 0.15) is 12.8 Å². The van der Waals surface area contributed by atoms with Gasteiger partial charge in [0.2, 0.25) is 0 Å². The number of hydrogen-bond donors (Lipinski definition) is 1. The molecule has 0 bridgehead atoms. The van der Waals surface area contributed by atoms with Crippen molar-refractivity contribution in [2.24, 2.45) is 13.0 Å². The highest BCUT2D eigenvalue weighted by atomic mass is 15.3. The average Bonchev–Trinajstić information content (AvgIpc) is 3.03. The minimum absolute atomic E-state index is 0.621. The largest absolute Gasteiger partial charge is 0.354 e. The number of hydrogen-bond acceptors (Lipinski definition) is 5. The van der Waals surface area contributed by atoms with E-state index in [1.54, 1.807) is 6.33 Å². The lowest BCUT2D eigenvalue weighted by Crippen LogP contribution is -2.40. The highest BCUT2D eigenvalue weighted by molar-refractivity contribution is 5.86. The van der Waals surface area contributed by atoms with Gasteiger partial charge in [-0.25, -0.2) is 9.97 Å². The monoisotopic (exact) mass is 258 g/mol. The first kappa shape index (κ1) is 11.2. The lowest BCUT2D eigenvalue weighted by Gasteiger charge is -2.24. The molecule has 0 unspecified atom stereocenters. The Kier molecular flexibility index (Phi) is 2.44. The Morgan fingerprint density at radius 3 is 3.16 bits per heavy atom. The summed E-state index contributed by atoms with van der Waals surface area (Å²) < 4.78 is 1.81. The van der Waals surface area contributed by atoms with Gasteiger partial charge in [-0.1, -0.05) is 0 Å². The number of nitrogens with zero attached hydrogens (tertiary/aromatic N) is 5. The summed E-state index contributed by atoms with van der Waals surface area (Å²) in [5.74, 6) is 1.80. The van der Waals surface area contributed by atoms with Crippen molar-refractivity contribution in [3.63, 3.8) is 0 Å². The summed E-state index contributed by atoms with van der Waals surface area (Å²) in [6, 6.07) is 0.621. The van der Waals surface area contributed by atoms with Crippen LogP contribution in [0, 0.1) is 5.92 Å². The molecule has 0 radical (unpaired) electrons. The number of aromatic nitrogens is 4. The van der Waals surface area contributed by atoms with Crippen LogP contribution in [0.15, 0.2) is 12.5 Å². The molecule has 2 atom stereocenters. The predicted octanol–water partition coefficient (Wildman–Crippen LogP) is 0.551. The molecule has 2 aromatic rings. The van der Waals surface area contributed by atoms with Crippen LogP contribution in [0.25, 0.3) is 11.0 Å². The molecule has 19 heavy (non-hydrogen) atoms. The van der Waals surface area contributed by atoms with Crippen LogP contribution in [-0.4, -0.2) is 45.4 Å². The number of nitrogens with one attached hydrogen (secondary N) is 1. The van der Waals surface area contributed by atoms with E-state index in [4.69, 9.17) is 0 Å². The second-order valence-corrected chi connectivity index (χ2v) is 5.57. The first-order valence-electron chi connectivity index (χ1n) is 6.94. The van der Waals surface area contributed by atoms with Crippen molar-refractivity contribution in [1.82, 2.24) is 25.1 Å². The van der Waals surface area contributed by atoms with E-state index in [0.717, 1.165) is 42.4 Å². The van der Waals surface area contributed by atoms with Crippen molar-refractivity contribution in [2.45, 2.75) is 18.9 Å². The fourth-order valence-corrected chi connectivity index (χ4v) is 3.42. The van der Waals surface area contributed by atoms with Crippen molar-refractivity contribution in [3.8, 4) is 0 Å². The molecular weight excluding hydrogens is 240 g/mol. The van der Waals surface area contributed by atoms with Crippen molar-refractivity contribution in [3.05, 3.63) is 12.5 Å². The SMILES string of the molecule is Cn1ncc2c(N3C[C@@H]4CCCN[C@@H]4C3)ncnc21. The van der Waals surface area contributed by atoms with Gasteiger partial charge in [-0.15, -0.1) is 0 Å². The number of fused-ring (bicyclic) bond motifs is 2. The van der Waals surface area contributed by atoms with E-state index in [-0.39, 0.29) is 0 Å². The molecule has 0 aromatic carbocycles. The van der Waals surface area contributed by atoms with Gasteiger partial charge in [-0.05, 0) is 25.3 Å². The van der Waals surface area contributed by atoms with Gasteiger partial charge in [-0.3, -0.25) is 4.68 Å². The third-order valence-corrected chi connectivity index (χ3v) is 4.41. The lowest BCUT2D eigenvalue weighted by molar-refractivity contribution is 0.340. The fraction of sp³-hybridized carbons (Fsp3) is 0.615. The Labute approximate surface area is 111 Å². The molecule has 6 heteroatoms. The van der Waals surface area contributed by atoms with E-state index < -0.39 is 0 Å². The van der Waals surface area contributed by atoms with Gasteiger partial charge in [0.25, 0.3) is 0 Å². The molecule has 0 saturated carbocycles. The molecule has 0 aliphatic carbocycles. The Hall–Kier alpha value is -1.69. The molecule has 0 spiro atoms. The molecule has 2 fully saturated rings. The van der Waals surface area contributed by atoms with Gasteiger partial charge in [0, 0.05) is 26.2 Å². The summed E-state index contributed by atoms with van der Waals surface area (Å²) in [5, 5.41) is 8.98. The topological polar surface area (TPSA) is 58.9 Å². The minimum Gasteiger partial charge on any atom is -0.354 e. The molecule has 4 rings (SSSR count). The molecule has 4 heterocycles. The lowest BCUT2D eigenvalue weighted by atomic mass is 9.94. The molecule has 2 aliphatic heterocycles. The number of piperidine rings is 1. The zero-order valence-electron chi connectivity index (χ0n) is 11.1. The van der Waals surface area contributed by atoms with E-state index in [1.807, 2.05) is 17.9 Å². The molecule has 100 valence electrons. The average molecular weight is 258 g/mol. The van der Waals surface area contributed by atoms with Crippen molar-refractivity contribution < 1.29 is 0 Å². The summed E-state index contributed by atoms with van der Waals surface area (Å²) in [4.78, 5) is 11.2. The zero-order chi connectivity index (χ0) is 12.8. The van der Waals surface area contributed by atoms with Gasteiger partial charge in [0.05, 0.1) is 11.6 Å². The summed E-state index contributed by atoms with van der Waals surface area (Å²) >= 11 is 0. The van der Waals surface area contributed by atoms with Crippen molar-refractivity contribution >= 4 is 16.9 Å². The molecule has 6 nitrogen and oxygen atoms in total. The minimum atomic E-state index is 0.621. The molecule has 2 aliphatic rings. The van der Waals surface area contributed by atoms with Crippen molar-refractivity contribution in [2.75, 3.05) is 24.5 Å². The number of anilines is 1. The molecule has 0 amide bonds. The fourth-order valence-electron chi connectivity index (χ4n) is 3.42. The Bertz CT molecular complexity index is 592. The highest BCUT2D eigenvalue weighted by Gasteiger charge is 2.35. The maximum atomic E-state index is 4.49. The molecule has 1 N–H and O–H groups in total. The van der Waals surface area contributed by atoms with Crippen LogP contribution >= 0.6 is 0 Å². The number of rotatable bonds is 1. The van der Waals surface area contributed by atoms with Crippen LogP contribution in [0.2, 0.25) is 0 Å². The standard InChI is InChI=1S/C13H18N6/c1-18-12-10(5-17-18)13(16-8-15-12)19-6-9-3-2-4-14-11(9)7-19/h5,8-9,11,14H,2-4,6-7H2,1H3/t9-,11+/m0/s1. The quantitative estimate of drug-likeness (QED) is 0.809. The van der Waals surface area contributed by atoms with Gasteiger partial charge >= 0.3 is 0 Å². The van der Waals surface area contributed by atoms with Gasteiger partial charge in [-0.2, -0.15) is 5.10 Å². The maximum absolute atomic E-state index is 4.49. The predicted molar refractivity (Wildman–Crippen MR) is 73.0 cm³/mol. The van der Waals surface area contributed by atoms with E-state index in [1.165, 1.54) is 12.8 Å². The summed E-state index contributed by atoms with van der Waals surface area (Å²) in [7, 11) is 1.92. The van der Waals surface area contributed by atoms with Gasteiger partial charge in [0.1, 0.15) is 12.1 Å². The second-order valence-electron chi connectivity index (χ2n) is 5.57. The zero-order valence-corrected chi connectivity index (χ0v) is 11.1. The molecule has 2 aromatic heterocycles. The smallest absolute Gasteiger partial charge is 0.163 e. The van der Waals surface area contributed by atoms with Crippen LogP contribution in [-0.2, 0) is 7.05 Å². The molecule has 2 saturated heterocycles. The normalized spacial score (nSPS) is 26.9. The third-order valence-electron chi connectivity index (χ3n) is 4.41. The Morgan fingerprint density at radius 1 is 1.32 bits per heavy atom. The van der Waals surface area contributed by atoms with E-state index in [9.17, 15) is 0 Å². The first-order chi connectivity index (χ1) is 9.33. The van der Waals surface area contributed by atoms with E-state index >= 15 is 0 Å². The van der Waals surface area contributed by atoms with Crippen LogP contribution in [0.3, 0.4) is 0 Å². The highest BCUT2D eigenvalue weighted by Crippen LogP contribution is 2.31. The summed E-state index contributed by atoms with van der Waals surface area (Å²) in [6.07, 6.45) is 6.14. The maximum Gasteiger partial charge on any atom is 0.163 e. The van der Waals surface area contributed by atoms with Crippen LogP contribution in [0.4, 0.5) is 5.82 Å². The van der Waals surface area contributed by atoms with Crippen LogP contribution in [0.5, 0.6) is 0 Å². The summed E-state index contributed by atoms with van der Waals surface area (Å²) in [5.41, 5.74) is 0.910. The first-order valence-corrected chi connectivity index (χ1v) is 6.94. The van der Waals surface area contributed by atoms with E-state index in [0.29, 0.717) is 6.04 Å². The Balaban J connectivity index is 1.71. The summed E-state index contributed by atoms with van der Waals surface area (Å²) in [6.45, 7) is 3.30.